The van der Waals surface area contributed by atoms with E-state index >= 15 is 0 Å². The lowest BCUT2D eigenvalue weighted by atomic mass is 9.94. The van der Waals surface area contributed by atoms with Gasteiger partial charge in [-0.25, -0.2) is 9.89 Å². The molecule has 10 heteroatoms. The number of amides is 2. The number of hydrogen-bond acceptors (Lipinski definition) is 5. The van der Waals surface area contributed by atoms with Crippen molar-refractivity contribution in [2.75, 3.05) is 13.1 Å². The second-order valence-electron chi connectivity index (χ2n) is 9.80. The second kappa shape index (κ2) is 8.66. The van der Waals surface area contributed by atoms with Gasteiger partial charge in [-0.15, -0.1) is 0 Å². The molecule has 2 aromatic heterocycles. The van der Waals surface area contributed by atoms with Crippen LogP contribution in [0.3, 0.4) is 0 Å². The van der Waals surface area contributed by atoms with Gasteiger partial charge in [-0.1, -0.05) is 18.4 Å². The molecule has 1 aliphatic carbocycles. The largest absolute Gasteiger partial charge is 0.477 e. The average molecular weight is 459 g/mol. The summed E-state index contributed by atoms with van der Waals surface area (Å²) < 4.78 is 2.76. The molecule has 0 bridgehead atoms. The summed E-state index contributed by atoms with van der Waals surface area (Å²) in [4.78, 5) is 40.1. The number of aromatic nitrogens is 3. The fourth-order valence-electron chi connectivity index (χ4n) is 4.08. The predicted octanol–water partition coefficient (Wildman–Crippen LogP) is 0.556. The molecule has 1 saturated heterocycles. The van der Waals surface area contributed by atoms with Crippen molar-refractivity contribution in [3.63, 3.8) is 0 Å². The number of fused-ring (bicyclic) bond motifs is 1. The molecule has 4 N–H and O–H groups in total. The quantitative estimate of drug-likeness (QED) is 0.371. The van der Waals surface area contributed by atoms with Crippen LogP contribution in [-0.4, -0.2) is 61.3 Å². The molecule has 2 amide bonds. The number of nitrogens with one attached hydrogen (secondary N) is 2. The first kappa shape index (κ1) is 23.0. The zero-order valence-corrected chi connectivity index (χ0v) is 19.3. The summed E-state index contributed by atoms with van der Waals surface area (Å²) >= 11 is 0. The van der Waals surface area contributed by atoms with Crippen LogP contribution in [0.2, 0.25) is 0 Å². The summed E-state index contributed by atoms with van der Waals surface area (Å²) in [5.74, 6) is -1.04. The molecule has 2 aromatic rings. The smallest absolute Gasteiger partial charge is 0.378 e. The third-order valence-corrected chi connectivity index (χ3v) is 6.22. The van der Waals surface area contributed by atoms with E-state index in [1.807, 2.05) is 13.8 Å². The van der Waals surface area contributed by atoms with Crippen molar-refractivity contribution in [3.05, 3.63) is 33.8 Å². The Balaban J connectivity index is 1.69. The van der Waals surface area contributed by atoms with E-state index in [0.29, 0.717) is 43.7 Å². The SMILES string of the molecule is CC(C)C[n+]1c(O)c(C(=O)NC2CC2)c(=O)n2[nH]cc(/C=C/C(=O)N3CCC(C)(O)CC3)c21. The van der Waals surface area contributed by atoms with Crippen molar-refractivity contribution in [1.29, 1.82) is 0 Å². The van der Waals surface area contributed by atoms with E-state index in [2.05, 4.69) is 10.4 Å². The van der Waals surface area contributed by atoms with Gasteiger partial charge < -0.3 is 20.4 Å². The molecule has 0 radical (unpaired) electrons. The van der Waals surface area contributed by atoms with Crippen molar-refractivity contribution >= 4 is 23.5 Å². The van der Waals surface area contributed by atoms with E-state index < -0.39 is 17.1 Å². The number of aliphatic hydroxyl groups is 1. The molecule has 4 rings (SSSR count). The Morgan fingerprint density at radius 3 is 2.61 bits per heavy atom. The number of rotatable bonds is 6. The van der Waals surface area contributed by atoms with Crippen LogP contribution in [-0.2, 0) is 11.3 Å². The standard InChI is InChI=1S/C23H31N5O5/c1-14(2)13-27-20-15(4-7-17(29)26-10-8-23(3,33)9-11-26)12-24-28(20)22(32)18(21(27)31)19(30)25-16-5-6-16/h4,7,12,14,16,33H,5-6,8-11,13H2,1-3H3,(H2,25,30,31,32)/p+1/b7-4+. The monoisotopic (exact) mass is 458 g/mol. The summed E-state index contributed by atoms with van der Waals surface area (Å²) in [6.45, 7) is 7.01. The summed E-state index contributed by atoms with van der Waals surface area (Å²) in [6, 6.07) is 0.0437. The Hall–Kier alpha value is -3.14. The van der Waals surface area contributed by atoms with Crippen LogP contribution in [0.4, 0.5) is 0 Å². The minimum atomic E-state index is -0.748. The van der Waals surface area contributed by atoms with Gasteiger partial charge in [-0.05, 0) is 44.6 Å². The lowest BCUT2D eigenvalue weighted by Crippen LogP contribution is -2.46. The highest BCUT2D eigenvalue weighted by Crippen LogP contribution is 2.22. The highest BCUT2D eigenvalue weighted by Gasteiger charge is 2.34. The predicted molar refractivity (Wildman–Crippen MR) is 121 cm³/mol. The van der Waals surface area contributed by atoms with Crippen molar-refractivity contribution in [3.8, 4) is 5.88 Å². The van der Waals surface area contributed by atoms with Gasteiger partial charge in [0.25, 0.3) is 5.91 Å². The first-order valence-corrected chi connectivity index (χ1v) is 11.5. The Morgan fingerprint density at radius 1 is 1.33 bits per heavy atom. The van der Waals surface area contributed by atoms with E-state index in [1.54, 1.807) is 24.1 Å². The second-order valence-corrected chi connectivity index (χ2v) is 9.80. The highest BCUT2D eigenvalue weighted by atomic mass is 16.3. The molecule has 0 atom stereocenters. The van der Waals surface area contributed by atoms with E-state index in [-0.39, 0.29) is 29.3 Å². The Morgan fingerprint density at radius 2 is 2.00 bits per heavy atom. The minimum absolute atomic E-state index is 0.0437. The summed E-state index contributed by atoms with van der Waals surface area (Å²) in [5.41, 5.74) is -0.782. The maximum Gasteiger partial charge on any atom is 0.378 e. The molecule has 178 valence electrons. The van der Waals surface area contributed by atoms with Gasteiger partial charge >= 0.3 is 17.1 Å². The zero-order chi connectivity index (χ0) is 23.9. The van der Waals surface area contributed by atoms with E-state index in [4.69, 9.17) is 0 Å². The number of aromatic amines is 1. The lowest BCUT2D eigenvalue weighted by molar-refractivity contribution is -0.686. The molecule has 3 heterocycles. The molecule has 0 aromatic carbocycles. The van der Waals surface area contributed by atoms with Crippen molar-refractivity contribution in [2.24, 2.45) is 5.92 Å². The zero-order valence-electron chi connectivity index (χ0n) is 19.3. The number of hydrogen-bond donors (Lipinski definition) is 4. The highest BCUT2D eigenvalue weighted by molar-refractivity contribution is 5.96. The molecular formula is C23H32N5O5+. The summed E-state index contributed by atoms with van der Waals surface area (Å²) in [5, 5.41) is 26.7. The maximum atomic E-state index is 13.1. The van der Waals surface area contributed by atoms with Gasteiger partial charge in [0.05, 0.1) is 23.9 Å². The third kappa shape index (κ3) is 4.80. The topological polar surface area (TPSA) is 131 Å². The Kier molecular flexibility index (Phi) is 6.04. The molecule has 10 nitrogen and oxygen atoms in total. The average Bonchev–Trinajstić information content (AvgIpc) is 3.44. The van der Waals surface area contributed by atoms with E-state index in [1.165, 1.54) is 15.2 Å². The number of carbonyl (C=O) groups is 2. The van der Waals surface area contributed by atoms with Crippen molar-refractivity contribution in [1.82, 2.24) is 19.8 Å². The number of carbonyl (C=O) groups excluding carboxylic acids is 2. The lowest BCUT2D eigenvalue weighted by Gasteiger charge is -2.35. The van der Waals surface area contributed by atoms with Gasteiger partial charge in [0, 0.05) is 25.2 Å². The minimum Gasteiger partial charge on any atom is -0.477 e. The van der Waals surface area contributed by atoms with Crippen molar-refractivity contribution in [2.45, 2.75) is 64.6 Å². The van der Waals surface area contributed by atoms with Gasteiger partial charge in [-0.2, -0.15) is 4.57 Å². The van der Waals surface area contributed by atoms with Crippen LogP contribution in [0.1, 0.15) is 62.4 Å². The molecule has 0 unspecified atom stereocenters. The number of nitrogens with zero attached hydrogens (tertiary/aromatic N) is 3. The summed E-state index contributed by atoms with van der Waals surface area (Å²) in [7, 11) is 0. The number of likely N-dealkylation sites (tertiary alicyclic amines) is 1. The number of H-pyrrole nitrogens is 1. The van der Waals surface area contributed by atoms with Crippen LogP contribution >= 0.6 is 0 Å². The van der Waals surface area contributed by atoms with Crippen LogP contribution in [0, 0.1) is 5.92 Å². The third-order valence-electron chi connectivity index (χ3n) is 6.22. The van der Waals surface area contributed by atoms with Gasteiger partial charge in [0.1, 0.15) is 0 Å². The number of piperidine rings is 1. The van der Waals surface area contributed by atoms with Crippen LogP contribution < -0.4 is 15.4 Å². The van der Waals surface area contributed by atoms with Gasteiger partial charge in [-0.3, -0.25) is 9.59 Å². The van der Waals surface area contributed by atoms with Crippen LogP contribution in [0.25, 0.3) is 11.7 Å². The van der Waals surface area contributed by atoms with Crippen LogP contribution in [0.5, 0.6) is 5.88 Å². The molecular weight excluding hydrogens is 426 g/mol. The molecule has 1 aliphatic heterocycles. The first-order chi connectivity index (χ1) is 15.6. The number of aromatic hydroxyl groups is 1. The molecule has 2 aliphatic rings. The molecule has 1 saturated carbocycles. The fourth-order valence-corrected chi connectivity index (χ4v) is 4.08. The Bertz CT molecular complexity index is 1160. The first-order valence-electron chi connectivity index (χ1n) is 11.5. The fraction of sp³-hybridized carbons (Fsp3) is 0.565. The van der Waals surface area contributed by atoms with E-state index in [0.717, 1.165) is 12.8 Å². The maximum absolute atomic E-state index is 13.1. The van der Waals surface area contributed by atoms with Gasteiger partial charge in [0.15, 0.2) is 0 Å². The normalized spacial score (nSPS) is 18.4. The molecule has 33 heavy (non-hydrogen) atoms. The van der Waals surface area contributed by atoms with E-state index in [9.17, 15) is 24.6 Å². The molecule has 0 spiro atoms. The Labute approximate surface area is 191 Å². The molecule has 2 fully saturated rings. The summed E-state index contributed by atoms with van der Waals surface area (Å²) in [6.07, 6.45) is 7.36. The van der Waals surface area contributed by atoms with Gasteiger partial charge in [0.2, 0.25) is 11.5 Å². The van der Waals surface area contributed by atoms with Crippen LogP contribution in [0.15, 0.2) is 17.1 Å². The van der Waals surface area contributed by atoms with Crippen molar-refractivity contribution < 1.29 is 24.4 Å².